The maximum Gasteiger partial charge on any atom is 0.0925 e. The number of fused-ring (bicyclic) bond motifs is 1. The smallest absolute Gasteiger partial charge is 0.0925 e. The molecule has 0 saturated carbocycles. The molecule has 1 unspecified atom stereocenters. The Balaban J connectivity index is 2.08. The first-order chi connectivity index (χ1) is 6.31. The first-order valence-corrected chi connectivity index (χ1v) is 5.02. The lowest BCUT2D eigenvalue weighted by atomic mass is 9.95. The number of aromatic nitrogens is 2. The second kappa shape index (κ2) is 3.50. The average Bonchev–Trinajstić information content (AvgIpc) is 2.63. The molecule has 0 fully saturated rings. The third kappa shape index (κ3) is 1.61. The van der Waals surface area contributed by atoms with Gasteiger partial charge < -0.3 is 9.88 Å². The molecule has 3 heteroatoms. The monoisotopic (exact) mass is 179 g/mol. The Morgan fingerprint density at radius 1 is 1.69 bits per heavy atom. The van der Waals surface area contributed by atoms with Crippen LogP contribution in [0.4, 0.5) is 0 Å². The van der Waals surface area contributed by atoms with Crippen LogP contribution in [-0.4, -0.2) is 34.5 Å². The Morgan fingerprint density at radius 2 is 2.54 bits per heavy atom. The number of hydrogen-bond donors (Lipinski definition) is 1. The molecule has 0 spiro atoms. The van der Waals surface area contributed by atoms with Crippen molar-refractivity contribution in [3.8, 4) is 0 Å². The first-order valence-electron chi connectivity index (χ1n) is 5.02. The minimum Gasteiger partial charge on any atom is -0.348 e. The van der Waals surface area contributed by atoms with Crippen molar-refractivity contribution < 1.29 is 0 Å². The minimum atomic E-state index is 0.706. The topological polar surface area (TPSA) is 31.9 Å². The van der Waals surface area contributed by atoms with Crippen molar-refractivity contribution in [1.82, 2.24) is 14.9 Å². The summed E-state index contributed by atoms with van der Waals surface area (Å²) in [5, 5.41) is 0. The molecule has 1 N–H and O–H groups in total. The lowest BCUT2D eigenvalue weighted by molar-refractivity contribution is 0.231. The molecule has 1 aromatic heterocycles. The van der Waals surface area contributed by atoms with Gasteiger partial charge in [0.25, 0.3) is 0 Å². The van der Waals surface area contributed by atoms with Gasteiger partial charge in [-0.05, 0) is 26.4 Å². The zero-order valence-corrected chi connectivity index (χ0v) is 8.38. The summed E-state index contributed by atoms with van der Waals surface area (Å²) in [5.74, 6) is 0. The normalized spacial score (nSPS) is 21.9. The number of rotatable bonds is 2. The molecule has 0 radical (unpaired) electrons. The maximum absolute atomic E-state index is 4.30. The lowest BCUT2D eigenvalue weighted by Crippen LogP contribution is -2.36. The van der Waals surface area contributed by atoms with Gasteiger partial charge in [0, 0.05) is 18.2 Å². The predicted molar refractivity (Wildman–Crippen MR) is 52.7 cm³/mol. The van der Waals surface area contributed by atoms with E-state index in [2.05, 4.69) is 28.8 Å². The summed E-state index contributed by atoms with van der Waals surface area (Å²) in [6, 6.07) is 0.706. The van der Waals surface area contributed by atoms with Gasteiger partial charge in [0.05, 0.1) is 12.0 Å². The quantitative estimate of drug-likeness (QED) is 0.740. The van der Waals surface area contributed by atoms with Crippen molar-refractivity contribution in [2.45, 2.75) is 32.2 Å². The van der Waals surface area contributed by atoms with Gasteiger partial charge in [0.15, 0.2) is 0 Å². The van der Waals surface area contributed by atoms with E-state index >= 15 is 0 Å². The number of imidazole rings is 1. The van der Waals surface area contributed by atoms with E-state index in [0.29, 0.717) is 6.04 Å². The van der Waals surface area contributed by atoms with Gasteiger partial charge in [-0.25, -0.2) is 4.98 Å². The lowest BCUT2D eigenvalue weighted by Gasteiger charge is -2.29. The van der Waals surface area contributed by atoms with E-state index in [-0.39, 0.29) is 0 Å². The summed E-state index contributed by atoms with van der Waals surface area (Å²) >= 11 is 0. The van der Waals surface area contributed by atoms with Gasteiger partial charge in [0.2, 0.25) is 0 Å². The average molecular weight is 179 g/mol. The fourth-order valence-corrected chi connectivity index (χ4v) is 2.02. The summed E-state index contributed by atoms with van der Waals surface area (Å²) in [7, 11) is 2.20. The second-order valence-electron chi connectivity index (χ2n) is 3.80. The molecule has 1 atom stereocenters. The highest BCUT2D eigenvalue weighted by Crippen LogP contribution is 2.20. The third-order valence-electron chi connectivity index (χ3n) is 3.08. The highest BCUT2D eigenvalue weighted by Gasteiger charge is 2.22. The van der Waals surface area contributed by atoms with Gasteiger partial charge in [-0.1, -0.05) is 6.92 Å². The molecule has 1 aromatic rings. The molecule has 72 valence electrons. The standard InChI is InChI=1S/C10H17N3/c1-3-13(2)8-4-5-9-10(6-8)12-7-11-9/h7-8H,3-6H2,1-2H3,(H,11,12). The van der Waals surface area contributed by atoms with Crippen LogP contribution in [-0.2, 0) is 12.8 Å². The fraction of sp³-hybridized carbons (Fsp3) is 0.700. The number of aromatic amines is 1. The molecule has 0 aliphatic heterocycles. The van der Waals surface area contributed by atoms with Gasteiger partial charge in [-0.3, -0.25) is 0 Å². The van der Waals surface area contributed by atoms with Crippen LogP contribution in [0, 0.1) is 0 Å². The van der Waals surface area contributed by atoms with Crippen molar-refractivity contribution in [2.75, 3.05) is 13.6 Å². The molecular weight excluding hydrogens is 162 g/mol. The van der Waals surface area contributed by atoms with Gasteiger partial charge in [0.1, 0.15) is 0 Å². The Bertz CT molecular complexity index is 279. The van der Waals surface area contributed by atoms with Crippen molar-refractivity contribution in [1.29, 1.82) is 0 Å². The molecule has 0 bridgehead atoms. The SMILES string of the molecule is CCN(C)C1CCc2nc[nH]c2C1. The Morgan fingerprint density at radius 3 is 3.31 bits per heavy atom. The molecule has 0 aromatic carbocycles. The van der Waals surface area contributed by atoms with E-state index in [1.807, 2.05) is 6.33 Å². The number of nitrogens with one attached hydrogen (secondary N) is 1. The largest absolute Gasteiger partial charge is 0.348 e. The Kier molecular flexibility index (Phi) is 2.36. The highest BCUT2D eigenvalue weighted by molar-refractivity contribution is 5.16. The summed E-state index contributed by atoms with van der Waals surface area (Å²) < 4.78 is 0. The van der Waals surface area contributed by atoms with Crippen LogP contribution in [0.15, 0.2) is 6.33 Å². The number of likely N-dealkylation sites (N-methyl/N-ethyl adjacent to an activating group) is 1. The summed E-state index contributed by atoms with van der Waals surface area (Å²) in [5.41, 5.74) is 2.62. The number of H-pyrrole nitrogens is 1. The van der Waals surface area contributed by atoms with Gasteiger partial charge >= 0.3 is 0 Å². The fourth-order valence-electron chi connectivity index (χ4n) is 2.02. The summed E-state index contributed by atoms with van der Waals surface area (Å²) in [6.07, 6.45) is 5.34. The zero-order chi connectivity index (χ0) is 9.26. The van der Waals surface area contributed by atoms with Gasteiger partial charge in [-0.15, -0.1) is 0 Å². The van der Waals surface area contributed by atoms with Crippen LogP contribution >= 0.6 is 0 Å². The van der Waals surface area contributed by atoms with E-state index in [1.165, 1.54) is 17.8 Å². The van der Waals surface area contributed by atoms with E-state index < -0.39 is 0 Å². The first kappa shape index (κ1) is 8.75. The highest BCUT2D eigenvalue weighted by atomic mass is 15.1. The van der Waals surface area contributed by atoms with E-state index in [4.69, 9.17) is 0 Å². The van der Waals surface area contributed by atoms with Crippen molar-refractivity contribution in [3.63, 3.8) is 0 Å². The molecular formula is C10H17N3. The predicted octanol–water partition coefficient (Wildman–Crippen LogP) is 1.22. The molecule has 1 aliphatic carbocycles. The molecule has 2 rings (SSSR count). The Hall–Kier alpha value is -0.830. The molecule has 0 saturated heterocycles. The van der Waals surface area contributed by atoms with E-state index in [9.17, 15) is 0 Å². The molecule has 1 heterocycles. The number of hydrogen-bond acceptors (Lipinski definition) is 2. The van der Waals surface area contributed by atoms with Crippen LogP contribution in [0.1, 0.15) is 24.7 Å². The van der Waals surface area contributed by atoms with Gasteiger partial charge in [-0.2, -0.15) is 0 Å². The number of nitrogens with zero attached hydrogens (tertiary/aromatic N) is 2. The Labute approximate surface area is 79.2 Å². The molecule has 3 nitrogen and oxygen atoms in total. The van der Waals surface area contributed by atoms with Crippen LogP contribution in [0.5, 0.6) is 0 Å². The van der Waals surface area contributed by atoms with Crippen molar-refractivity contribution in [2.24, 2.45) is 0 Å². The van der Waals surface area contributed by atoms with Crippen molar-refractivity contribution in [3.05, 3.63) is 17.7 Å². The van der Waals surface area contributed by atoms with E-state index in [1.54, 1.807) is 0 Å². The maximum atomic E-state index is 4.30. The molecule has 1 aliphatic rings. The molecule has 13 heavy (non-hydrogen) atoms. The minimum absolute atomic E-state index is 0.706. The van der Waals surface area contributed by atoms with E-state index in [0.717, 1.165) is 19.4 Å². The second-order valence-corrected chi connectivity index (χ2v) is 3.80. The van der Waals surface area contributed by atoms with Crippen LogP contribution in [0.2, 0.25) is 0 Å². The summed E-state index contributed by atoms with van der Waals surface area (Å²) in [6.45, 7) is 3.34. The van der Waals surface area contributed by atoms with Crippen molar-refractivity contribution >= 4 is 0 Å². The third-order valence-corrected chi connectivity index (χ3v) is 3.08. The number of aryl methyl sites for hydroxylation is 1. The summed E-state index contributed by atoms with van der Waals surface area (Å²) in [4.78, 5) is 9.95. The van der Waals surface area contributed by atoms with Crippen LogP contribution < -0.4 is 0 Å². The molecule has 0 amide bonds. The van der Waals surface area contributed by atoms with Crippen LogP contribution in [0.25, 0.3) is 0 Å². The van der Waals surface area contributed by atoms with Crippen LogP contribution in [0.3, 0.4) is 0 Å². The zero-order valence-electron chi connectivity index (χ0n) is 8.38.